The van der Waals surface area contributed by atoms with Gasteiger partial charge in [0.1, 0.15) is 0 Å². The van der Waals surface area contributed by atoms with Crippen molar-refractivity contribution >= 4 is 10.0 Å². The Morgan fingerprint density at radius 1 is 1.40 bits per heavy atom. The molecule has 0 saturated heterocycles. The van der Waals surface area contributed by atoms with Gasteiger partial charge < -0.3 is 9.88 Å². The van der Waals surface area contributed by atoms with E-state index in [1.807, 2.05) is 11.6 Å². The summed E-state index contributed by atoms with van der Waals surface area (Å²) in [5.41, 5.74) is 1.10. The van der Waals surface area contributed by atoms with Crippen molar-refractivity contribution in [2.75, 3.05) is 0 Å². The monoisotopic (exact) mass is 297 g/mol. The second-order valence-electron chi connectivity index (χ2n) is 6.80. The molecule has 1 aromatic rings. The van der Waals surface area contributed by atoms with E-state index >= 15 is 0 Å². The first-order valence-corrected chi connectivity index (χ1v) is 8.67. The molecule has 5 nitrogen and oxygen atoms in total. The van der Waals surface area contributed by atoms with Crippen LogP contribution in [-0.2, 0) is 23.6 Å². The average Bonchev–Trinajstić information content (AvgIpc) is 3.21. The van der Waals surface area contributed by atoms with Crippen LogP contribution in [0, 0.1) is 5.41 Å². The maximum absolute atomic E-state index is 12.3. The Bertz CT molecular complexity index is 614. The van der Waals surface area contributed by atoms with Gasteiger partial charge in [0.25, 0.3) is 0 Å². The highest BCUT2D eigenvalue weighted by molar-refractivity contribution is 7.89. The molecule has 2 saturated carbocycles. The lowest BCUT2D eigenvalue weighted by molar-refractivity contribution is 0.555. The second-order valence-corrected chi connectivity index (χ2v) is 8.51. The first-order chi connectivity index (χ1) is 9.28. The fourth-order valence-electron chi connectivity index (χ4n) is 2.36. The SMILES string of the molecule is Cn1cc(S(=O)(=O)NC2CC2(C)C)cc1CNC1CC1. The largest absolute Gasteiger partial charge is 0.352 e. The van der Waals surface area contributed by atoms with Crippen molar-refractivity contribution in [3.8, 4) is 0 Å². The van der Waals surface area contributed by atoms with E-state index in [0.29, 0.717) is 10.9 Å². The maximum atomic E-state index is 12.3. The Morgan fingerprint density at radius 3 is 2.60 bits per heavy atom. The van der Waals surface area contributed by atoms with E-state index in [-0.39, 0.29) is 11.5 Å². The predicted octanol–water partition coefficient (Wildman–Crippen LogP) is 1.35. The van der Waals surface area contributed by atoms with Crippen LogP contribution in [0.15, 0.2) is 17.2 Å². The van der Waals surface area contributed by atoms with Crippen LogP contribution in [-0.4, -0.2) is 25.1 Å². The van der Waals surface area contributed by atoms with Gasteiger partial charge in [-0.3, -0.25) is 0 Å². The van der Waals surface area contributed by atoms with Gasteiger partial charge in [-0.25, -0.2) is 13.1 Å². The number of nitrogens with zero attached hydrogens (tertiary/aromatic N) is 1. The lowest BCUT2D eigenvalue weighted by Crippen LogP contribution is -2.28. The highest BCUT2D eigenvalue weighted by atomic mass is 32.2. The van der Waals surface area contributed by atoms with Crippen molar-refractivity contribution in [3.63, 3.8) is 0 Å². The minimum absolute atomic E-state index is 0.0701. The first kappa shape index (κ1) is 14.1. The first-order valence-electron chi connectivity index (χ1n) is 7.19. The van der Waals surface area contributed by atoms with E-state index in [4.69, 9.17) is 0 Å². The van der Waals surface area contributed by atoms with Crippen LogP contribution in [0.4, 0.5) is 0 Å². The minimum Gasteiger partial charge on any atom is -0.352 e. The fraction of sp³-hybridized carbons (Fsp3) is 0.714. The Labute approximate surface area is 120 Å². The van der Waals surface area contributed by atoms with Crippen molar-refractivity contribution < 1.29 is 8.42 Å². The molecule has 0 radical (unpaired) electrons. The molecule has 1 aromatic heterocycles. The summed E-state index contributed by atoms with van der Waals surface area (Å²) < 4.78 is 29.4. The van der Waals surface area contributed by atoms with Crippen LogP contribution in [0.1, 0.15) is 38.8 Å². The number of nitrogens with one attached hydrogen (secondary N) is 2. The molecular weight excluding hydrogens is 274 g/mol. The molecule has 0 amide bonds. The van der Waals surface area contributed by atoms with E-state index in [1.165, 1.54) is 12.8 Å². The summed E-state index contributed by atoms with van der Waals surface area (Å²) >= 11 is 0. The quantitative estimate of drug-likeness (QED) is 0.833. The second kappa shape index (κ2) is 4.58. The fourth-order valence-corrected chi connectivity index (χ4v) is 3.86. The number of rotatable bonds is 6. The number of aryl methyl sites for hydroxylation is 1. The van der Waals surface area contributed by atoms with Crippen molar-refractivity contribution in [1.29, 1.82) is 0 Å². The van der Waals surface area contributed by atoms with E-state index in [1.54, 1.807) is 12.3 Å². The molecular formula is C14H23N3O2S. The summed E-state index contributed by atoms with van der Waals surface area (Å²) in [6, 6.07) is 2.46. The topological polar surface area (TPSA) is 63.1 Å². The molecule has 20 heavy (non-hydrogen) atoms. The van der Waals surface area contributed by atoms with Crippen molar-refractivity contribution in [2.24, 2.45) is 12.5 Å². The van der Waals surface area contributed by atoms with E-state index in [9.17, 15) is 8.42 Å². The van der Waals surface area contributed by atoms with Crippen LogP contribution in [0.5, 0.6) is 0 Å². The van der Waals surface area contributed by atoms with Crippen LogP contribution in [0.25, 0.3) is 0 Å². The van der Waals surface area contributed by atoms with Crippen molar-refractivity contribution in [3.05, 3.63) is 18.0 Å². The van der Waals surface area contributed by atoms with E-state index in [0.717, 1.165) is 18.7 Å². The van der Waals surface area contributed by atoms with Crippen molar-refractivity contribution in [1.82, 2.24) is 14.6 Å². The number of hydrogen-bond donors (Lipinski definition) is 2. The zero-order valence-corrected chi connectivity index (χ0v) is 13.1. The lowest BCUT2D eigenvalue weighted by Gasteiger charge is -2.06. The average molecular weight is 297 g/mol. The summed E-state index contributed by atoms with van der Waals surface area (Å²) in [6.07, 6.45) is 5.07. The molecule has 2 fully saturated rings. The van der Waals surface area contributed by atoms with Crippen LogP contribution < -0.4 is 10.0 Å². The minimum atomic E-state index is -3.39. The molecule has 2 aliphatic carbocycles. The molecule has 0 aromatic carbocycles. The number of aromatic nitrogens is 1. The van der Waals surface area contributed by atoms with Crippen LogP contribution in [0.2, 0.25) is 0 Å². The standard InChI is InChI=1S/C14H23N3O2S/c1-14(2)7-13(14)16-20(18,19)12-6-11(17(3)9-12)8-15-10-4-5-10/h6,9-10,13,15-16H,4-5,7-8H2,1-3H3. The Morgan fingerprint density at radius 2 is 2.05 bits per heavy atom. The van der Waals surface area contributed by atoms with Gasteiger partial charge in [-0.2, -0.15) is 0 Å². The Kier molecular flexibility index (Phi) is 3.23. The van der Waals surface area contributed by atoms with Gasteiger partial charge in [0.05, 0.1) is 4.90 Å². The normalized spacial score (nSPS) is 24.9. The van der Waals surface area contributed by atoms with E-state index in [2.05, 4.69) is 23.9 Å². The van der Waals surface area contributed by atoms with Gasteiger partial charge in [-0.1, -0.05) is 13.8 Å². The van der Waals surface area contributed by atoms with Crippen LogP contribution in [0.3, 0.4) is 0 Å². The molecule has 2 aliphatic rings. The van der Waals surface area contributed by atoms with Gasteiger partial charge in [-0.15, -0.1) is 0 Å². The molecule has 1 unspecified atom stereocenters. The van der Waals surface area contributed by atoms with Gasteiger partial charge in [0, 0.05) is 37.6 Å². The highest BCUT2D eigenvalue weighted by Crippen LogP contribution is 2.45. The van der Waals surface area contributed by atoms with Gasteiger partial charge in [0.2, 0.25) is 10.0 Å². The zero-order valence-electron chi connectivity index (χ0n) is 12.3. The molecule has 6 heteroatoms. The smallest absolute Gasteiger partial charge is 0.242 e. The molecule has 112 valence electrons. The molecule has 3 rings (SSSR count). The van der Waals surface area contributed by atoms with Gasteiger partial charge in [-0.05, 0) is 30.7 Å². The van der Waals surface area contributed by atoms with E-state index < -0.39 is 10.0 Å². The number of sulfonamides is 1. The van der Waals surface area contributed by atoms with Gasteiger partial charge >= 0.3 is 0 Å². The lowest BCUT2D eigenvalue weighted by atomic mass is 10.2. The van der Waals surface area contributed by atoms with Crippen LogP contribution >= 0.6 is 0 Å². The molecule has 1 atom stereocenters. The molecule has 2 N–H and O–H groups in total. The summed E-state index contributed by atoms with van der Waals surface area (Å²) in [5, 5.41) is 3.41. The molecule has 0 bridgehead atoms. The third kappa shape index (κ3) is 2.92. The predicted molar refractivity (Wildman–Crippen MR) is 77.8 cm³/mol. The molecule has 1 heterocycles. The Hall–Kier alpha value is -0.850. The highest BCUT2D eigenvalue weighted by Gasteiger charge is 2.48. The van der Waals surface area contributed by atoms with Gasteiger partial charge in [0.15, 0.2) is 0 Å². The summed E-state index contributed by atoms with van der Waals surface area (Å²) in [4.78, 5) is 0.371. The number of hydrogen-bond acceptors (Lipinski definition) is 3. The Balaban J connectivity index is 1.70. The summed E-state index contributed by atoms with van der Waals surface area (Å²) in [6.45, 7) is 4.89. The maximum Gasteiger partial charge on any atom is 0.242 e. The third-order valence-electron chi connectivity index (χ3n) is 4.35. The summed E-state index contributed by atoms with van der Waals surface area (Å²) in [7, 11) is -1.50. The third-order valence-corrected chi connectivity index (χ3v) is 5.79. The molecule has 0 spiro atoms. The summed E-state index contributed by atoms with van der Waals surface area (Å²) in [5.74, 6) is 0. The van der Waals surface area contributed by atoms with Crippen molar-refractivity contribution in [2.45, 2.75) is 56.6 Å². The molecule has 0 aliphatic heterocycles. The zero-order chi connectivity index (χ0) is 14.5.